The Morgan fingerprint density at radius 3 is 2.88 bits per heavy atom. The zero-order chi connectivity index (χ0) is 23.3. The van der Waals surface area contributed by atoms with E-state index in [1.165, 1.54) is 34.4 Å². The Balaban J connectivity index is 1.44. The van der Waals surface area contributed by atoms with Crippen molar-refractivity contribution in [1.82, 2.24) is 19.9 Å². The summed E-state index contributed by atoms with van der Waals surface area (Å²) in [6.45, 7) is 6.17. The highest BCUT2D eigenvalue weighted by molar-refractivity contribution is 5.74. The molecule has 0 fully saturated rings. The second-order valence-corrected chi connectivity index (χ2v) is 9.18. The SMILES string of the molecule is C=CCc1ccc(CN(CCc2nc3ccccc3[nH]2)C2CCCc3cccnc32)c(CN)c1. The number of pyridine rings is 1. The quantitative estimate of drug-likeness (QED) is 0.340. The molecule has 5 rings (SSSR count). The second-order valence-electron chi connectivity index (χ2n) is 9.18. The number of hydrogen-bond acceptors (Lipinski definition) is 4. The highest BCUT2D eigenvalue weighted by Crippen LogP contribution is 2.34. The van der Waals surface area contributed by atoms with Gasteiger partial charge < -0.3 is 10.7 Å². The molecule has 2 aromatic heterocycles. The van der Waals surface area contributed by atoms with Crippen molar-refractivity contribution in [2.75, 3.05) is 6.54 Å². The first-order valence-electron chi connectivity index (χ1n) is 12.3. The molecule has 5 nitrogen and oxygen atoms in total. The van der Waals surface area contributed by atoms with Gasteiger partial charge in [-0.15, -0.1) is 6.58 Å². The number of aromatic nitrogens is 3. The summed E-state index contributed by atoms with van der Waals surface area (Å²) in [5.74, 6) is 1.03. The first-order chi connectivity index (χ1) is 16.7. The monoisotopic (exact) mass is 451 g/mol. The van der Waals surface area contributed by atoms with Gasteiger partial charge in [0, 0.05) is 32.3 Å². The van der Waals surface area contributed by atoms with Crippen LogP contribution in [0.15, 0.2) is 73.4 Å². The number of rotatable bonds is 9. The molecule has 0 saturated heterocycles. The predicted molar refractivity (Wildman–Crippen MR) is 138 cm³/mol. The zero-order valence-corrected chi connectivity index (χ0v) is 19.7. The first-order valence-corrected chi connectivity index (χ1v) is 12.3. The summed E-state index contributed by atoms with van der Waals surface area (Å²) in [4.78, 5) is 15.7. The fraction of sp³-hybridized carbons (Fsp3) is 0.310. The molecule has 174 valence electrons. The van der Waals surface area contributed by atoms with Crippen LogP contribution in [0.25, 0.3) is 11.0 Å². The number of H-pyrrole nitrogens is 1. The first kappa shape index (κ1) is 22.5. The van der Waals surface area contributed by atoms with E-state index in [-0.39, 0.29) is 0 Å². The molecule has 0 amide bonds. The van der Waals surface area contributed by atoms with Crippen LogP contribution in [0.4, 0.5) is 0 Å². The van der Waals surface area contributed by atoms with Crippen LogP contribution < -0.4 is 5.73 Å². The highest BCUT2D eigenvalue weighted by atomic mass is 15.2. The maximum absolute atomic E-state index is 6.18. The Kier molecular flexibility index (Phi) is 6.84. The third-order valence-electron chi connectivity index (χ3n) is 6.92. The molecule has 1 aliphatic rings. The van der Waals surface area contributed by atoms with Crippen molar-refractivity contribution in [3.8, 4) is 0 Å². The number of nitrogens with zero attached hydrogens (tertiary/aromatic N) is 3. The Bertz CT molecular complexity index is 1240. The van der Waals surface area contributed by atoms with Gasteiger partial charge >= 0.3 is 0 Å². The van der Waals surface area contributed by atoms with E-state index in [0.717, 1.165) is 55.6 Å². The van der Waals surface area contributed by atoms with E-state index in [2.05, 4.69) is 58.9 Å². The summed E-state index contributed by atoms with van der Waals surface area (Å²) in [5, 5.41) is 0. The van der Waals surface area contributed by atoms with E-state index in [9.17, 15) is 0 Å². The van der Waals surface area contributed by atoms with Crippen LogP contribution in [0, 0.1) is 0 Å². The minimum atomic E-state index is 0.299. The number of benzene rings is 2. The van der Waals surface area contributed by atoms with Gasteiger partial charge in [0.15, 0.2) is 0 Å². The predicted octanol–water partition coefficient (Wildman–Crippen LogP) is 5.27. The number of allylic oxidation sites excluding steroid dienone is 1. The molecule has 1 unspecified atom stereocenters. The summed E-state index contributed by atoms with van der Waals surface area (Å²) in [6, 6.07) is 19.5. The Hall–Kier alpha value is -3.28. The topological polar surface area (TPSA) is 70.8 Å². The third kappa shape index (κ3) is 4.81. The van der Waals surface area contributed by atoms with Crippen LogP contribution in [0.1, 0.15) is 52.7 Å². The maximum atomic E-state index is 6.18. The van der Waals surface area contributed by atoms with E-state index in [4.69, 9.17) is 15.7 Å². The molecule has 2 aromatic carbocycles. The van der Waals surface area contributed by atoms with Crippen LogP contribution in [0.5, 0.6) is 0 Å². The van der Waals surface area contributed by atoms with E-state index >= 15 is 0 Å². The minimum absolute atomic E-state index is 0.299. The summed E-state index contributed by atoms with van der Waals surface area (Å²) in [6.07, 6.45) is 9.02. The summed E-state index contributed by atoms with van der Waals surface area (Å²) < 4.78 is 0. The number of hydrogen-bond donors (Lipinski definition) is 2. The molecule has 0 spiro atoms. The van der Waals surface area contributed by atoms with Crippen LogP contribution in [0.3, 0.4) is 0 Å². The van der Waals surface area contributed by atoms with Crippen molar-refractivity contribution in [2.24, 2.45) is 5.73 Å². The lowest BCUT2D eigenvalue weighted by Crippen LogP contribution is -2.34. The second kappa shape index (κ2) is 10.3. The third-order valence-corrected chi connectivity index (χ3v) is 6.92. The summed E-state index contributed by atoms with van der Waals surface area (Å²) in [5.41, 5.74) is 14.7. The molecule has 0 radical (unpaired) electrons. The van der Waals surface area contributed by atoms with E-state index in [1.54, 1.807) is 0 Å². The fourth-order valence-electron chi connectivity index (χ4n) is 5.19. The Labute approximate surface area is 201 Å². The molecule has 34 heavy (non-hydrogen) atoms. The van der Waals surface area contributed by atoms with Crippen molar-refractivity contribution in [3.63, 3.8) is 0 Å². The van der Waals surface area contributed by atoms with Gasteiger partial charge in [-0.3, -0.25) is 9.88 Å². The number of fused-ring (bicyclic) bond motifs is 2. The summed E-state index contributed by atoms with van der Waals surface area (Å²) in [7, 11) is 0. The van der Waals surface area contributed by atoms with Crippen LogP contribution in [-0.4, -0.2) is 26.4 Å². The lowest BCUT2D eigenvalue weighted by molar-refractivity contribution is 0.166. The molecule has 3 N–H and O–H groups in total. The number of nitrogens with two attached hydrogens (primary N) is 1. The van der Waals surface area contributed by atoms with Gasteiger partial charge in [0.25, 0.3) is 0 Å². The normalized spacial score (nSPS) is 15.5. The summed E-state index contributed by atoms with van der Waals surface area (Å²) >= 11 is 0. The Morgan fingerprint density at radius 1 is 1.12 bits per heavy atom. The molecular formula is C29H33N5. The average Bonchev–Trinajstić information content (AvgIpc) is 3.30. The molecule has 2 heterocycles. The van der Waals surface area contributed by atoms with Gasteiger partial charge in [-0.2, -0.15) is 0 Å². The van der Waals surface area contributed by atoms with Gasteiger partial charge in [0.2, 0.25) is 0 Å². The van der Waals surface area contributed by atoms with Crippen molar-refractivity contribution < 1.29 is 0 Å². The number of para-hydroxylation sites is 2. The van der Waals surface area contributed by atoms with Crippen molar-refractivity contribution in [1.29, 1.82) is 0 Å². The fourth-order valence-corrected chi connectivity index (χ4v) is 5.19. The molecule has 0 saturated carbocycles. The highest BCUT2D eigenvalue weighted by Gasteiger charge is 2.27. The van der Waals surface area contributed by atoms with Gasteiger partial charge in [0.1, 0.15) is 5.82 Å². The number of aromatic amines is 1. The largest absolute Gasteiger partial charge is 0.342 e. The van der Waals surface area contributed by atoms with Crippen LogP contribution >= 0.6 is 0 Å². The molecule has 5 heteroatoms. The van der Waals surface area contributed by atoms with Crippen LogP contribution in [0.2, 0.25) is 0 Å². The van der Waals surface area contributed by atoms with Gasteiger partial charge in [-0.1, -0.05) is 42.5 Å². The van der Waals surface area contributed by atoms with E-state index < -0.39 is 0 Å². The number of nitrogens with one attached hydrogen (secondary N) is 1. The lowest BCUT2D eigenvalue weighted by Gasteiger charge is -2.35. The minimum Gasteiger partial charge on any atom is -0.342 e. The van der Waals surface area contributed by atoms with Crippen molar-refractivity contribution in [2.45, 2.75) is 51.2 Å². The molecular weight excluding hydrogens is 418 g/mol. The standard InChI is InChI=1S/C29H33N5/c1-2-7-21-13-14-23(24(18-21)19-30)20-34(27-12-5-8-22-9-6-16-31-29(22)27)17-15-28-32-25-10-3-4-11-26(25)33-28/h2-4,6,9-11,13-14,16,18,27H,1,5,7-8,12,15,17,19-20,30H2,(H,32,33). The van der Waals surface area contributed by atoms with E-state index in [0.29, 0.717) is 12.6 Å². The smallest absolute Gasteiger partial charge is 0.108 e. The number of aryl methyl sites for hydroxylation is 1. The maximum Gasteiger partial charge on any atom is 0.108 e. The van der Waals surface area contributed by atoms with E-state index in [1.807, 2.05) is 24.4 Å². The van der Waals surface area contributed by atoms with Crippen molar-refractivity contribution >= 4 is 11.0 Å². The molecule has 0 bridgehead atoms. The van der Waals surface area contributed by atoms with Gasteiger partial charge in [-0.25, -0.2) is 4.98 Å². The zero-order valence-electron chi connectivity index (χ0n) is 19.7. The van der Waals surface area contributed by atoms with Crippen molar-refractivity contribution in [3.05, 3.63) is 107 Å². The molecule has 1 atom stereocenters. The molecule has 4 aromatic rings. The molecule has 0 aliphatic heterocycles. The molecule has 1 aliphatic carbocycles. The van der Waals surface area contributed by atoms with Crippen LogP contribution in [-0.2, 0) is 32.4 Å². The van der Waals surface area contributed by atoms with Gasteiger partial charge in [-0.05, 0) is 66.1 Å². The van der Waals surface area contributed by atoms with Gasteiger partial charge in [0.05, 0.1) is 22.8 Å². The average molecular weight is 452 g/mol. The Morgan fingerprint density at radius 2 is 2.03 bits per heavy atom. The lowest BCUT2D eigenvalue weighted by atomic mass is 9.90. The number of imidazole rings is 1.